The van der Waals surface area contributed by atoms with Crippen molar-refractivity contribution in [1.82, 2.24) is 10.2 Å². The van der Waals surface area contributed by atoms with Crippen molar-refractivity contribution in [1.29, 1.82) is 0 Å². The zero-order valence-electron chi connectivity index (χ0n) is 8.99. The zero-order valence-corrected chi connectivity index (χ0v) is 9.81. The van der Waals surface area contributed by atoms with Crippen molar-refractivity contribution in [3.8, 4) is 0 Å². The smallest absolute Gasteiger partial charge is 0.157 e. The molecular weight excluding hydrogens is 194 g/mol. The van der Waals surface area contributed by atoms with Gasteiger partial charge in [0.05, 0.1) is 12.1 Å². The second-order valence-corrected chi connectivity index (χ2v) is 5.20. The largest absolute Gasteiger partial charge is 0.360 e. The van der Waals surface area contributed by atoms with Crippen LogP contribution in [-0.2, 0) is 0 Å². The predicted molar refractivity (Wildman–Crippen MR) is 63.0 cm³/mol. The highest BCUT2D eigenvalue weighted by Gasteiger charge is 2.26. The number of hydrogen-bond acceptors (Lipinski definition) is 4. The number of likely N-dealkylation sites (N-methyl/N-ethyl adjacent to an activating group) is 1. The van der Waals surface area contributed by atoms with Gasteiger partial charge >= 0.3 is 0 Å². The molecule has 0 aliphatic carbocycles. The molecule has 0 amide bonds. The Labute approximate surface area is 90.3 Å². The van der Waals surface area contributed by atoms with Gasteiger partial charge in [0.25, 0.3) is 0 Å². The molecule has 1 atom stereocenters. The third kappa shape index (κ3) is 2.42. The minimum Gasteiger partial charge on any atom is -0.360 e. The van der Waals surface area contributed by atoms with Gasteiger partial charge in [-0.15, -0.1) is 0 Å². The highest BCUT2D eigenvalue weighted by molar-refractivity contribution is 8.13. The summed E-state index contributed by atoms with van der Waals surface area (Å²) in [6, 6.07) is 1.16. The molecule has 2 aliphatic heterocycles. The van der Waals surface area contributed by atoms with Gasteiger partial charge in [0.2, 0.25) is 0 Å². The molecule has 2 rings (SSSR count). The fourth-order valence-electron chi connectivity index (χ4n) is 1.80. The number of hydrogen-bond donors (Lipinski definition) is 1. The van der Waals surface area contributed by atoms with E-state index in [4.69, 9.17) is 0 Å². The van der Waals surface area contributed by atoms with E-state index < -0.39 is 0 Å². The Hall–Kier alpha value is -0.220. The number of amidine groups is 1. The third-order valence-corrected chi connectivity index (χ3v) is 3.78. The maximum absolute atomic E-state index is 4.60. The Kier molecular flexibility index (Phi) is 3.34. The third-order valence-electron chi connectivity index (χ3n) is 2.84. The summed E-state index contributed by atoms with van der Waals surface area (Å²) >= 11 is 1.87. The number of nitrogens with one attached hydrogen (secondary N) is 1. The molecule has 1 N–H and O–H groups in total. The van der Waals surface area contributed by atoms with Gasteiger partial charge < -0.3 is 5.32 Å². The first-order valence-electron chi connectivity index (χ1n) is 5.47. The zero-order chi connectivity index (χ0) is 9.97. The second kappa shape index (κ2) is 4.53. The summed E-state index contributed by atoms with van der Waals surface area (Å²) in [7, 11) is 0. The highest BCUT2D eigenvalue weighted by atomic mass is 32.2. The molecule has 2 heterocycles. The summed E-state index contributed by atoms with van der Waals surface area (Å²) in [4.78, 5) is 7.04. The summed E-state index contributed by atoms with van der Waals surface area (Å²) in [5.41, 5.74) is 0. The number of rotatable bonds is 2. The highest BCUT2D eigenvalue weighted by Crippen LogP contribution is 2.17. The summed E-state index contributed by atoms with van der Waals surface area (Å²) in [6.07, 6.45) is 1.22. The molecule has 0 bridgehead atoms. The van der Waals surface area contributed by atoms with Gasteiger partial charge in [0.1, 0.15) is 0 Å². The lowest BCUT2D eigenvalue weighted by atomic mass is 10.1. The van der Waals surface area contributed by atoms with E-state index in [1.54, 1.807) is 0 Å². The summed E-state index contributed by atoms with van der Waals surface area (Å²) in [5, 5.41) is 4.69. The van der Waals surface area contributed by atoms with Gasteiger partial charge in [-0.05, 0) is 19.9 Å². The number of thioether (sulfide) groups is 1. The molecule has 1 saturated heterocycles. The van der Waals surface area contributed by atoms with Gasteiger partial charge in [-0.25, -0.2) is 0 Å². The lowest BCUT2D eigenvalue weighted by Gasteiger charge is -2.39. The Morgan fingerprint density at radius 3 is 3.00 bits per heavy atom. The van der Waals surface area contributed by atoms with Gasteiger partial charge in [-0.2, -0.15) is 0 Å². The normalized spacial score (nSPS) is 29.6. The molecule has 1 fully saturated rings. The molecule has 0 radical (unpaired) electrons. The van der Waals surface area contributed by atoms with Crippen LogP contribution in [0.5, 0.6) is 0 Å². The average Bonchev–Trinajstić information content (AvgIpc) is 2.10. The minimum absolute atomic E-state index is 0.515. The Bertz CT molecular complexity index is 223. The maximum atomic E-state index is 4.60. The van der Waals surface area contributed by atoms with Crippen molar-refractivity contribution >= 4 is 16.9 Å². The van der Waals surface area contributed by atoms with Crippen LogP contribution in [0.15, 0.2) is 4.99 Å². The van der Waals surface area contributed by atoms with Gasteiger partial charge in [0.15, 0.2) is 5.17 Å². The fraction of sp³-hybridized carbons (Fsp3) is 0.900. The first-order valence-corrected chi connectivity index (χ1v) is 6.46. The van der Waals surface area contributed by atoms with E-state index in [1.807, 2.05) is 11.8 Å². The topological polar surface area (TPSA) is 27.6 Å². The van der Waals surface area contributed by atoms with E-state index in [9.17, 15) is 0 Å². The van der Waals surface area contributed by atoms with E-state index in [-0.39, 0.29) is 0 Å². The fourth-order valence-corrected chi connectivity index (χ4v) is 2.96. The van der Waals surface area contributed by atoms with Gasteiger partial charge in [-0.1, -0.05) is 18.7 Å². The van der Waals surface area contributed by atoms with E-state index >= 15 is 0 Å². The Balaban J connectivity index is 1.75. The van der Waals surface area contributed by atoms with Crippen LogP contribution in [0.4, 0.5) is 0 Å². The molecule has 80 valence electrons. The average molecular weight is 213 g/mol. The Morgan fingerprint density at radius 2 is 2.36 bits per heavy atom. The van der Waals surface area contributed by atoms with E-state index in [2.05, 4.69) is 29.1 Å². The predicted octanol–water partition coefficient (Wildman–Crippen LogP) is 1.16. The lowest BCUT2D eigenvalue weighted by Crippen LogP contribution is -2.58. The van der Waals surface area contributed by atoms with Crippen LogP contribution in [0.1, 0.15) is 20.3 Å². The van der Waals surface area contributed by atoms with Crippen LogP contribution < -0.4 is 5.32 Å². The van der Waals surface area contributed by atoms with Crippen molar-refractivity contribution in [2.24, 2.45) is 4.99 Å². The van der Waals surface area contributed by atoms with E-state index in [1.165, 1.54) is 37.0 Å². The Morgan fingerprint density at radius 1 is 1.57 bits per heavy atom. The summed E-state index contributed by atoms with van der Waals surface area (Å²) in [6.45, 7) is 7.95. The molecule has 4 heteroatoms. The van der Waals surface area contributed by atoms with Crippen LogP contribution >= 0.6 is 11.8 Å². The molecule has 2 aliphatic rings. The van der Waals surface area contributed by atoms with Crippen LogP contribution in [0.25, 0.3) is 0 Å². The van der Waals surface area contributed by atoms with Crippen LogP contribution in [0.2, 0.25) is 0 Å². The van der Waals surface area contributed by atoms with Gasteiger partial charge in [-0.3, -0.25) is 9.89 Å². The van der Waals surface area contributed by atoms with Crippen molar-refractivity contribution < 1.29 is 0 Å². The molecule has 1 unspecified atom stereocenters. The van der Waals surface area contributed by atoms with E-state index in [0.29, 0.717) is 12.1 Å². The summed E-state index contributed by atoms with van der Waals surface area (Å²) < 4.78 is 0. The minimum atomic E-state index is 0.515. The standard InChI is InChI=1S/C10H19N3S/c1-3-13-6-9(7-13)12-10-11-8(2)4-5-14-10/h8-9H,3-7H2,1-2H3,(H,11,12). The first kappa shape index (κ1) is 10.3. The molecule has 0 aromatic carbocycles. The van der Waals surface area contributed by atoms with Crippen LogP contribution in [0, 0.1) is 0 Å². The van der Waals surface area contributed by atoms with Crippen molar-refractivity contribution in [3.63, 3.8) is 0 Å². The number of nitrogens with zero attached hydrogens (tertiary/aromatic N) is 2. The second-order valence-electron chi connectivity index (χ2n) is 4.11. The monoisotopic (exact) mass is 213 g/mol. The lowest BCUT2D eigenvalue weighted by molar-refractivity contribution is 0.148. The van der Waals surface area contributed by atoms with E-state index in [0.717, 1.165) is 0 Å². The number of aliphatic imine (C=N–C) groups is 1. The van der Waals surface area contributed by atoms with Gasteiger partial charge in [0, 0.05) is 18.8 Å². The SMILES string of the molecule is CCN1CC(NC2=NC(C)CCS2)C1. The molecular formula is C10H19N3S. The number of likely N-dealkylation sites (tertiary alicyclic amines) is 1. The quantitative estimate of drug-likeness (QED) is 0.746. The first-order chi connectivity index (χ1) is 6.78. The van der Waals surface area contributed by atoms with Crippen molar-refractivity contribution in [2.45, 2.75) is 32.4 Å². The van der Waals surface area contributed by atoms with Crippen LogP contribution in [-0.4, -0.2) is 47.5 Å². The molecule has 0 spiro atoms. The molecule has 0 aromatic heterocycles. The van der Waals surface area contributed by atoms with Crippen molar-refractivity contribution in [2.75, 3.05) is 25.4 Å². The van der Waals surface area contributed by atoms with Crippen molar-refractivity contribution in [3.05, 3.63) is 0 Å². The molecule has 14 heavy (non-hydrogen) atoms. The summed E-state index contributed by atoms with van der Waals surface area (Å²) in [5.74, 6) is 1.22. The maximum Gasteiger partial charge on any atom is 0.157 e. The molecule has 3 nitrogen and oxygen atoms in total. The molecule has 0 aromatic rings. The van der Waals surface area contributed by atoms with Crippen LogP contribution in [0.3, 0.4) is 0 Å². The molecule has 0 saturated carbocycles.